The van der Waals surface area contributed by atoms with Crippen LogP contribution < -0.4 is 4.74 Å². The number of hydrogen-bond acceptors (Lipinski definition) is 4. The smallest absolute Gasteiger partial charge is 0.284 e. The molecule has 0 aliphatic heterocycles. The van der Waals surface area contributed by atoms with Gasteiger partial charge in [0.25, 0.3) is 4.84 Å². The molecule has 1 heterocycles. The topological polar surface area (TPSA) is 51.0 Å². The fourth-order valence-corrected chi connectivity index (χ4v) is 1.68. The molecule has 0 aliphatic rings. The molecule has 0 spiro atoms. The summed E-state index contributed by atoms with van der Waals surface area (Å²) in [6.07, 6.45) is 0. The van der Waals surface area contributed by atoms with Gasteiger partial charge in [0.2, 0.25) is 5.89 Å². The molecule has 0 unspecified atom stereocenters. The molecule has 0 atom stereocenters. The molecule has 1 N–H and O–H groups in total. The highest BCUT2D eigenvalue weighted by molar-refractivity contribution is 9.10. The van der Waals surface area contributed by atoms with Crippen molar-refractivity contribution >= 4 is 28.1 Å². The fourth-order valence-electron chi connectivity index (χ4n) is 1.19. The van der Waals surface area contributed by atoms with Gasteiger partial charge in [-0.25, -0.2) is 5.10 Å². The summed E-state index contributed by atoms with van der Waals surface area (Å²) in [7, 11) is 1.59. The molecule has 4 nitrogen and oxygen atoms in total. The molecule has 0 aliphatic carbocycles. The van der Waals surface area contributed by atoms with E-state index in [2.05, 4.69) is 26.1 Å². The molecule has 1 aromatic carbocycles. The van der Waals surface area contributed by atoms with Gasteiger partial charge in [0, 0.05) is 4.47 Å². The Labute approximate surface area is 99.4 Å². The summed E-state index contributed by atoms with van der Waals surface area (Å²) in [4.78, 5) is 0.243. The Kier molecular flexibility index (Phi) is 2.88. The number of benzene rings is 1. The number of aromatic amines is 1. The number of nitrogens with one attached hydrogen (secondary N) is 1. The van der Waals surface area contributed by atoms with Crippen LogP contribution in [0, 0.1) is 4.84 Å². The standard InChI is InChI=1S/C9H7BrN2O2S/c1-13-7-3-2-5(10)4-6(7)8-11-12-9(15)14-8/h2-4H,1H3,(H,12,15). The van der Waals surface area contributed by atoms with E-state index in [1.54, 1.807) is 7.11 Å². The van der Waals surface area contributed by atoms with E-state index in [4.69, 9.17) is 21.4 Å². The number of nitrogens with zero attached hydrogens (tertiary/aromatic N) is 1. The van der Waals surface area contributed by atoms with Gasteiger partial charge in [0.1, 0.15) is 5.75 Å². The average Bonchev–Trinajstić information content (AvgIpc) is 2.65. The summed E-state index contributed by atoms with van der Waals surface area (Å²) in [5.41, 5.74) is 0.749. The quantitative estimate of drug-likeness (QED) is 0.862. The highest BCUT2D eigenvalue weighted by atomic mass is 79.9. The molecule has 0 saturated carbocycles. The van der Waals surface area contributed by atoms with E-state index in [0.717, 1.165) is 10.0 Å². The van der Waals surface area contributed by atoms with Gasteiger partial charge in [0.05, 0.1) is 12.7 Å². The number of H-pyrrole nitrogens is 1. The van der Waals surface area contributed by atoms with E-state index in [-0.39, 0.29) is 4.84 Å². The van der Waals surface area contributed by atoms with Crippen molar-refractivity contribution in [2.45, 2.75) is 0 Å². The normalized spacial score (nSPS) is 10.3. The molecule has 0 saturated heterocycles. The van der Waals surface area contributed by atoms with Crippen LogP contribution in [0.25, 0.3) is 11.5 Å². The van der Waals surface area contributed by atoms with Crippen molar-refractivity contribution < 1.29 is 9.15 Å². The van der Waals surface area contributed by atoms with E-state index in [9.17, 15) is 0 Å². The van der Waals surface area contributed by atoms with Crippen LogP contribution in [0.2, 0.25) is 0 Å². The van der Waals surface area contributed by atoms with Gasteiger partial charge in [-0.1, -0.05) is 15.9 Å². The Hall–Kier alpha value is -1.14. The summed E-state index contributed by atoms with van der Waals surface area (Å²) >= 11 is 8.18. The highest BCUT2D eigenvalue weighted by Gasteiger charge is 2.11. The first kappa shape index (κ1) is 10.4. The van der Waals surface area contributed by atoms with Gasteiger partial charge in [-0.3, -0.25) is 0 Å². The molecule has 0 fully saturated rings. The maximum atomic E-state index is 5.21. The van der Waals surface area contributed by atoms with E-state index >= 15 is 0 Å². The molecule has 6 heteroatoms. The SMILES string of the molecule is COc1ccc(Br)cc1-c1n[nH]c(=S)o1. The third-order valence-electron chi connectivity index (χ3n) is 1.83. The fraction of sp³-hybridized carbons (Fsp3) is 0.111. The summed E-state index contributed by atoms with van der Waals surface area (Å²) in [6.45, 7) is 0. The second-order valence-corrected chi connectivity index (χ2v) is 4.05. The number of ether oxygens (including phenoxy) is 1. The molecule has 0 bridgehead atoms. The van der Waals surface area contributed by atoms with Gasteiger partial charge in [-0.2, -0.15) is 0 Å². The maximum Gasteiger partial charge on any atom is 0.284 e. The van der Waals surface area contributed by atoms with Crippen molar-refractivity contribution in [2.24, 2.45) is 0 Å². The Morgan fingerprint density at radius 3 is 2.93 bits per heavy atom. The average molecular weight is 287 g/mol. The lowest BCUT2D eigenvalue weighted by molar-refractivity contribution is 0.414. The molecule has 1 aromatic heterocycles. The predicted octanol–water partition coefficient (Wildman–Crippen LogP) is 3.17. The third-order valence-corrected chi connectivity index (χ3v) is 2.50. The van der Waals surface area contributed by atoms with Crippen molar-refractivity contribution in [2.75, 3.05) is 7.11 Å². The molecule has 2 rings (SSSR count). The van der Waals surface area contributed by atoms with E-state index < -0.39 is 0 Å². The zero-order chi connectivity index (χ0) is 10.8. The first-order valence-corrected chi connectivity index (χ1v) is 5.30. The van der Waals surface area contributed by atoms with E-state index in [0.29, 0.717) is 11.6 Å². The number of methoxy groups -OCH3 is 1. The van der Waals surface area contributed by atoms with Gasteiger partial charge in [-0.05, 0) is 30.4 Å². The van der Waals surface area contributed by atoms with Crippen LogP contribution in [0.4, 0.5) is 0 Å². The molecule has 0 amide bonds. The van der Waals surface area contributed by atoms with E-state index in [1.165, 1.54) is 0 Å². The molecular formula is C9H7BrN2O2S. The minimum absolute atomic E-state index is 0.243. The zero-order valence-electron chi connectivity index (χ0n) is 7.78. The van der Waals surface area contributed by atoms with Crippen LogP contribution in [0.5, 0.6) is 5.75 Å². The van der Waals surface area contributed by atoms with Gasteiger partial charge < -0.3 is 9.15 Å². The second-order valence-electron chi connectivity index (χ2n) is 2.76. The van der Waals surface area contributed by atoms with Crippen molar-refractivity contribution in [1.29, 1.82) is 0 Å². The Bertz CT molecular complexity index is 535. The lowest BCUT2D eigenvalue weighted by atomic mass is 10.2. The van der Waals surface area contributed by atoms with Crippen LogP contribution >= 0.6 is 28.1 Å². The van der Waals surface area contributed by atoms with Gasteiger partial charge in [0.15, 0.2) is 0 Å². The molecule has 0 radical (unpaired) electrons. The largest absolute Gasteiger partial charge is 0.496 e. The molecular weight excluding hydrogens is 280 g/mol. The van der Waals surface area contributed by atoms with Crippen LogP contribution in [0.1, 0.15) is 0 Å². The highest BCUT2D eigenvalue weighted by Crippen LogP contribution is 2.31. The first-order chi connectivity index (χ1) is 7.20. The number of aromatic nitrogens is 2. The lowest BCUT2D eigenvalue weighted by Crippen LogP contribution is -1.88. The Balaban J connectivity index is 2.59. The van der Waals surface area contributed by atoms with Crippen LogP contribution in [0.3, 0.4) is 0 Å². The third kappa shape index (κ3) is 2.10. The molecule has 15 heavy (non-hydrogen) atoms. The Morgan fingerprint density at radius 1 is 1.53 bits per heavy atom. The predicted molar refractivity (Wildman–Crippen MR) is 61.4 cm³/mol. The van der Waals surface area contributed by atoms with Crippen LogP contribution in [-0.2, 0) is 0 Å². The number of rotatable bonds is 2. The summed E-state index contributed by atoms with van der Waals surface area (Å²) in [6, 6.07) is 5.56. The minimum atomic E-state index is 0.243. The number of halogens is 1. The number of hydrogen-bond donors (Lipinski definition) is 1. The summed E-state index contributed by atoms with van der Waals surface area (Å²) < 4.78 is 11.3. The van der Waals surface area contributed by atoms with E-state index in [1.807, 2.05) is 18.2 Å². The molecule has 78 valence electrons. The maximum absolute atomic E-state index is 5.21. The summed E-state index contributed by atoms with van der Waals surface area (Å²) in [5.74, 6) is 1.10. The summed E-state index contributed by atoms with van der Waals surface area (Å²) in [5, 5.41) is 6.50. The van der Waals surface area contributed by atoms with Crippen molar-refractivity contribution in [3.63, 3.8) is 0 Å². The first-order valence-electron chi connectivity index (χ1n) is 4.10. The molecule has 2 aromatic rings. The van der Waals surface area contributed by atoms with Gasteiger partial charge >= 0.3 is 0 Å². The van der Waals surface area contributed by atoms with Crippen molar-refractivity contribution in [3.05, 3.63) is 27.5 Å². The second kappa shape index (κ2) is 4.16. The lowest BCUT2D eigenvalue weighted by Gasteiger charge is -2.04. The minimum Gasteiger partial charge on any atom is -0.496 e. The van der Waals surface area contributed by atoms with Crippen LogP contribution in [0.15, 0.2) is 27.1 Å². The van der Waals surface area contributed by atoms with Crippen LogP contribution in [-0.4, -0.2) is 17.3 Å². The zero-order valence-corrected chi connectivity index (χ0v) is 10.2. The van der Waals surface area contributed by atoms with Gasteiger partial charge in [-0.15, -0.1) is 5.10 Å². The Morgan fingerprint density at radius 2 is 2.33 bits per heavy atom. The monoisotopic (exact) mass is 286 g/mol. The van der Waals surface area contributed by atoms with Crippen molar-refractivity contribution in [1.82, 2.24) is 10.2 Å². The van der Waals surface area contributed by atoms with Crippen molar-refractivity contribution in [3.8, 4) is 17.2 Å².